The van der Waals surface area contributed by atoms with E-state index >= 15 is 0 Å². The molecular weight excluding hydrogens is 136 g/mol. The molecule has 0 saturated carbocycles. The molecule has 5 heteroatoms. The van der Waals surface area contributed by atoms with Crippen molar-refractivity contribution in [2.45, 2.75) is 0 Å². The first kappa shape index (κ1) is 6.47. The number of rotatable bonds is 1. The molecule has 1 rings (SSSR count). The maximum absolute atomic E-state index is 10.1. The molecule has 0 aliphatic carbocycles. The van der Waals surface area contributed by atoms with E-state index in [0.717, 1.165) is 4.73 Å². The van der Waals surface area contributed by atoms with Crippen LogP contribution in [0.5, 0.6) is 0 Å². The monoisotopic (exact) mass is 142 g/mol. The van der Waals surface area contributed by atoms with E-state index < -0.39 is 0 Å². The summed E-state index contributed by atoms with van der Waals surface area (Å²) in [5, 5.41) is 17.0. The second kappa shape index (κ2) is 2.30. The molecule has 0 radical (unpaired) electrons. The van der Waals surface area contributed by atoms with Crippen LogP contribution in [-0.2, 0) is 0 Å². The highest BCUT2D eigenvalue weighted by Crippen LogP contribution is 2.03. The van der Waals surface area contributed by atoms with E-state index in [1.54, 1.807) is 0 Å². The van der Waals surface area contributed by atoms with Crippen molar-refractivity contribution >= 4 is 5.69 Å². The van der Waals surface area contributed by atoms with E-state index in [0.29, 0.717) is 0 Å². The zero-order chi connectivity index (χ0) is 7.56. The summed E-state index contributed by atoms with van der Waals surface area (Å²) in [5.41, 5.74) is 0.0744. The summed E-state index contributed by atoms with van der Waals surface area (Å²) in [5.74, 6) is 0. The van der Waals surface area contributed by atoms with E-state index in [2.05, 4.69) is 0 Å². The lowest BCUT2D eigenvalue weighted by Crippen LogP contribution is -2.27. The molecule has 1 heterocycles. The smallest absolute Gasteiger partial charge is 0.285 e. The zero-order valence-corrected chi connectivity index (χ0v) is 5.01. The van der Waals surface area contributed by atoms with E-state index in [9.17, 15) is 4.91 Å². The van der Waals surface area contributed by atoms with Gasteiger partial charge in [0.15, 0.2) is 0 Å². The number of aromatic nitrogens is 1. The molecule has 0 saturated heterocycles. The quantitative estimate of drug-likeness (QED) is 0.330. The van der Waals surface area contributed by atoms with Gasteiger partial charge in [-0.3, -0.25) is 5.21 Å². The van der Waals surface area contributed by atoms with Gasteiger partial charge < -0.3 is 0 Å². The molecule has 0 fully saturated rings. The maximum Gasteiger partial charge on any atom is 0.328 e. The molecule has 0 atom stereocenters. The third kappa shape index (κ3) is 1.19. The second-order valence-corrected chi connectivity index (χ2v) is 1.71. The molecule has 0 bridgehead atoms. The van der Waals surface area contributed by atoms with Gasteiger partial charge in [-0.2, -0.15) is 0 Å². The van der Waals surface area contributed by atoms with Crippen molar-refractivity contribution in [3.8, 4) is 0 Å². The van der Waals surface area contributed by atoms with Crippen LogP contribution >= 0.6 is 0 Å². The summed E-state index contributed by atoms with van der Waals surface area (Å²) in [4.78, 5) is 9.86. The van der Waals surface area contributed by atoms with Crippen LogP contribution in [0.1, 0.15) is 0 Å². The Kier molecular flexibility index (Phi) is 1.49. The standard InChI is InChI=1S/C5H6N2O3/c8-6-3-1-5(2-4-6)7(9)10/h1-4,8H,(H,9,10)/q+2. The van der Waals surface area contributed by atoms with Gasteiger partial charge >= 0.3 is 5.69 Å². The average molecular weight is 142 g/mol. The molecule has 0 aliphatic heterocycles. The van der Waals surface area contributed by atoms with Crippen LogP contribution in [0.3, 0.4) is 0 Å². The van der Waals surface area contributed by atoms with Gasteiger partial charge in [-0.25, -0.2) is 5.21 Å². The molecular formula is C5H6N2O3+2. The first-order chi connectivity index (χ1) is 4.70. The lowest BCUT2D eigenvalue weighted by Gasteiger charge is -1.79. The minimum absolute atomic E-state index is 0.0744. The van der Waals surface area contributed by atoms with E-state index in [1.807, 2.05) is 0 Å². The Hall–Kier alpha value is -1.65. The Bertz CT molecular complexity index is 244. The van der Waals surface area contributed by atoms with Gasteiger partial charge in [0.1, 0.15) is 0 Å². The summed E-state index contributed by atoms with van der Waals surface area (Å²) in [6, 6.07) is 2.54. The Morgan fingerprint density at radius 2 is 1.90 bits per heavy atom. The van der Waals surface area contributed by atoms with Crippen molar-refractivity contribution in [2.24, 2.45) is 0 Å². The molecule has 2 N–H and O–H groups in total. The lowest BCUT2D eigenvalue weighted by molar-refractivity contribution is -0.905. The van der Waals surface area contributed by atoms with Gasteiger partial charge in [-0.05, 0) is 0 Å². The molecule has 1 aromatic rings. The highest BCUT2D eigenvalue weighted by molar-refractivity contribution is 5.22. The molecule has 10 heavy (non-hydrogen) atoms. The summed E-state index contributed by atoms with van der Waals surface area (Å²) in [7, 11) is 0. The van der Waals surface area contributed by atoms with E-state index in [1.165, 1.54) is 24.5 Å². The van der Waals surface area contributed by atoms with E-state index in [-0.39, 0.29) is 10.6 Å². The lowest BCUT2D eigenvalue weighted by atomic mass is 10.4. The predicted octanol–water partition coefficient (Wildman–Crippen LogP) is 0.0110. The van der Waals surface area contributed by atoms with Gasteiger partial charge in [0.2, 0.25) is 12.4 Å². The minimum Gasteiger partial charge on any atom is -0.285 e. The predicted molar refractivity (Wildman–Crippen MR) is 28.9 cm³/mol. The van der Waals surface area contributed by atoms with Crippen LogP contribution in [-0.4, -0.2) is 15.3 Å². The fourth-order valence-electron chi connectivity index (χ4n) is 0.538. The summed E-state index contributed by atoms with van der Waals surface area (Å²) in [6.07, 6.45) is 2.47. The first-order valence-electron chi connectivity index (χ1n) is 2.57. The van der Waals surface area contributed by atoms with Crippen LogP contribution in [0.25, 0.3) is 0 Å². The third-order valence-electron chi connectivity index (χ3n) is 1.02. The van der Waals surface area contributed by atoms with Crippen molar-refractivity contribution < 1.29 is 20.1 Å². The van der Waals surface area contributed by atoms with Crippen molar-refractivity contribution in [3.63, 3.8) is 0 Å². The van der Waals surface area contributed by atoms with Crippen LogP contribution in [0.4, 0.5) is 5.69 Å². The summed E-state index contributed by atoms with van der Waals surface area (Å²) in [6.45, 7) is 0. The molecule has 1 aromatic heterocycles. The van der Waals surface area contributed by atoms with Gasteiger partial charge in [0.05, 0.1) is 17.0 Å². The molecule has 0 aromatic carbocycles. The molecule has 0 unspecified atom stereocenters. The van der Waals surface area contributed by atoms with Crippen molar-refractivity contribution in [1.29, 1.82) is 0 Å². The van der Waals surface area contributed by atoms with Crippen molar-refractivity contribution in [1.82, 2.24) is 0 Å². The van der Waals surface area contributed by atoms with Crippen LogP contribution in [0.15, 0.2) is 24.5 Å². The van der Waals surface area contributed by atoms with Crippen molar-refractivity contribution in [3.05, 3.63) is 29.4 Å². The Morgan fingerprint density at radius 3 is 2.30 bits per heavy atom. The number of hydrogen-bond acceptors (Lipinski definition) is 2. The summed E-state index contributed by atoms with van der Waals surface area (Å²) < 4.78 is 0.771. The van der Waals surface area contributed by atoms with Gasteiger partial charge in [-0.15, -0.1) is 0 Å². The van der Waals surface area contributed by atoms with Gasteiger partial charge in [-0.1, -0.05) is 0 Å². The fourth-order valence-corrected chi connectivity index (χ4v) is 0.538. The number of nitrogens with zero attached hydrogens (tertiary/aromatic N) is 2. The Morgan fingerprint density at radius 1 is 1.40 bits per heavy atom. The highest BCUT2D eigenvalue weighted by atomic mass is 16.6. The Labute approximate surface area is 56.3 Å². The average Bonchev–Trinajstić information content (AvgIpc) is 1.88. The number of hydrogen-bond donors (Lipinski definition) is 2. The third-order valence-corrected chi connectivity index (χ3v) is 1.02. The van der Waals surface area contributed by atoms with Crippen LogP contribution in [0.2, 0.25) is 0 Å². The fraction of sp³-hybridized carbons (Fsp3) is 0. The molecule has 0 amide bonds. The van der Waals surface area contributed by atoms with E-state index in [4.69, 9.17) is 10.4 Å². The SMILES string of the molecule is O=[N+](O)c1cc[n+](O)cc1. The van der Waals surface area contributed by atoms with Gasteiger partial charge in [0.25, 0.3) is 4.92 Å². The van der Waals surface area contributed by atoms with Crippen LogP contribution < -0.4 is 4.73 Å². The zero-order valence-electron chi connectivity index (χ0n) is 5.01. The first-order valence-corrected chi connectivity index (χ1v) is 2.57. The van der Waals surface area contributed by atoms with Crippen LogP contribution in [0, 0.1) is 4.91 Å². The minimum atomic E-state index is -0.278. The molecule has 5 nitrogen and oxygen atoms in total. The van der Waals surface area contributed by atoms with Crippen molar-refractivity contribution in [2.75, 3.05) is 0 Å². The summed E-state index contributed by atoms with van der Waals surface area (Å²) >= 11 is 0. The second-order valence-electron chi connectivity index (χ2n) is 1.71. The largest absolute Gasteiger partial charge is 0.328 e. The molecule has 0 aliphatic rings. The topological polar surface area (TPSA) is 64.4 Å². The normalized spacial score (nSPS) is 9.20. The molecule has 0 spiro atoms. The number of pyridine rings is 1. The van der Waals surface area contributed by atoms with Gasteiger partial charge in [0, 0.05) is 4.73 Å². The highest BCUT2D eigenvalue weighted by Gasteiger charge is 2.12. The maximum atomic E-state index is 10.1. The molecule has 52 valence electrons. The Balaban J connectivity index is 3.00.